The van der Waals surface area contributed by atoms with E-state index in [1.54, 1.807) is 5.38 Å². The molecule has 2 N–H and O–H groups in total. The minimum absolute atomic E-state index is 0.0631. The van der Waals surface area contributed by atoms with Gasteiger partial charge in [-0.3, -0.25) is 9.59 Å². The molecule has 0 radical (unpaired) electrons. The first-order chi connectivity index (χ1) is 7.52. The molecule has 0 spiro atoms. The number of hydrogen-bond donors (Lipinski definition) is 2. The molecular formula is C10H14N2O3S. The highest BCUT2D eigenvalue weighted by atomic mass is 32.1. The summed E-state index contributed by atoms with van der Waals surface area (Å²) in [6, 6.07) is 0. The summed E-state index contributed by atoms with van der Waals surface area (Å²) < 4.78 is 0. The molecule has 0 bridgehead atoms. The van der Waals surface area contributed by atoms with Crippen LogP contribution in [-0.4, -0.2) is 22.0 Å². The predicted octanol–water partition coefficient (Wildman–Crippen LogP) is 1.75. The topological polar surface area (TPSA) is 79.3 Å². The van der Waals surface area contributed by atoms with Crippen LogP contribution >= 0.6 is 11.3 Å². The summed E-state index contributed by atoms with van der Waals surface area (Å²) in [7, 11) is 0. The first-order valence-electron chi connectivity index (χ1n) is 5.00. The molecule has 16 heavy (non-hydrogen) atoms. The zero-order chi connectivity index (χ0) is 12.1. The number of carbonyl (C=O) groups is 2. The van der Waals surface area contributed by atoms with Crippen LogP contribution in [0.2, 0.25) is 0 Å². The first kappa shape index (κ1) is 12.6. The summed E-state index contributed by atoms with van der Waals surface area (Å²) in [5.74, 6) is -1.07. The molecule has 0 fully saturated rings. The number of aromatic nitrogens is 1. The van der Waals surface area contributed by atoms with Crippen LogP contribution in [0, 0.1) is 5.92 Å². The SMILES string of the molecule is CCC(C)C(=O)Nc1nc(CC(=O)O)cs1. The van der Waals surface area contributed by atoms with Crippen molar-refractivity contribution in [3.8, 4) is 0 Å². The van der Waals surface area contributed by atoms with E-state index in [0.29, 0.717) is 10.8 Å². The van der Waals surface area contributed by atoms with Gasteiger partial charge in [0.15, 0.2) is 5.13 Å². The van der Waals surface area contributed by atoms with Crippen LogP contribution in [-0.2, 0) is 16.0 Å². The van der Waals surface area contributed by atoms with Crippen LogP contribution < -0.4 is 5.32 Å². The van der Waals surface area contributed by atoms with E-state index < -0.39 is 5.97 Å². The lowest BCUT2D eigenvalue weighted by Crippen LogP contribution is -2.19. The van der Waals surface area contributed by atoms with Gasteiger partial charge in [-0.15, -0.1) is 11.3 Å². The summed E-state index contributed by atoms with van der Waals surface area (Å²) in [5, 5.41) is 13.3. The second-order valence-corrected chi connectivity index (χ2v) is 4.37. The van der Waals surface area contributed by atoms with Crippen molar-refractivity contribution < 1.29 is 14.7 Å². The third kappa shape index (κ3) is 3.62. The Hall–Kier alpha value is -1.43. The Morgan fingerprint density at radius 2 is 2.31 bits per heavy atom. The number of nitrogens with one attached hydrogen (secondary N) is 1. The van der Waals surface area contributed by atoms with E-state index in [0.717, 1.165) is 6.42 Å². The lowest BCUT2D eigenvalue weighted by atomic mass is 10.1. The fourth-order valence-corrected chi connectivity index (χ4v) is 1.73. The highest BCUT2D eigenvalue weighted by Crippen LogP contribution is 2.17. The molecule has 1 aromatic rings. The number of aliphatic carboxylic acids is 1. The molecule has 0 aliphatic rings. The third-order valence-electron chi connectivity index (χ3n) is 2.17. The number of carboxylic acid groups (broad SMARTS) is 1. The van der Waals surface area contributed by atoms with Crippen molar-refractivity contribution in [3.63, 3.8) is 0 Å². The fourth-order valence-electron chi connectivity index (χ4n) is 1.01. The normalized spacial score (nSPS) is 12.1. The van der Waals surface area contributed by atoms with Crippen molar-refractivity contribution in [1.82, 2.24) is 4.98 Å². The Balaban J connectivity index is 2.58. The minimum Gasteiger partial charge on any atom is -0.481 e. The quantitative estimate of drug-likeness (QED) is 0.824. The van der Waals surface area contributed by atoms with Crippen molar-refractivity contribution >= 4 is 28.3 Å². The molecule has 6 heteroatoms. The Morgan fingerprint density at radius 1 is 1.62 bits per heavy atom. The molecule has 1 unspecified atom stereocenters. The fraction of sp³-hybridized carbons (Fsp3) is 0.500. The van der Waals surface area contributed by atoms with E-state index in [-0.39, 0.29) is 18.2 Å². The summed E-state index contributed by atoms with van der Waals surface area (Å²) in [4.78, 5) is 26.0. The second kappa shape index (κ2) is 5.60. The van der Waals surface area contributed by atoms with Crippen LogP contribution in [0.3, 0.4) is 0 Å². The number of rotatable bonds is 5. The van der Waals surface area contributed by atoms with Gasteiger partial charge in [-0.2, -0.15) is 0 Å². The van der Waals surface area contributed by atoms with Gasteiger partial charge in [0.05, 0.1) is 12.1 Å². The Morgan fingerprint density at radius 3 is 2.88 bits per heavy atom. The summed E-state index contributed by atoms with van der Waals surface area (Å²) in [5.41, 5.74) is 0.469. The number of carboxylic acids is 1. The van der Waals surface area contributed by atoms with E-state index in [1.807, 2.05) is 13.8 Å². The van der Waals surface area contributed by atoms with Crippen molar-refractivity contribution in [3.05, 3.63) is 11.1 Å². The van der Waals surface area contributed by atoms with Crippen molar-refractivity contribution in [1.29, 1.82) is 0 Å². The van der Waals surface area contributed by atoms with Gasteiger partial charge in [-0.25, -0.2) is 4.98 Å². The van der Waals surface area contributed by atoms with E-state index in [9.17, 15) is 9.59 Å². The molecule has 1 heterocycles. The molecule has 0 saturated carbocycles. The van der Waals surface area contributed by atoms with E-state index in [2.05, 4.69) is 10.3 Å². The van der Waals surface area contributed by atoms with E-state index in [4.69, 9.17) is 5.11 Å². The minimum atomic E-state index is -0.926. The van der Waals surface area contributed by atoms with Crippen molar-refractivity contribution in [2.24, 2.45) is 5.92 Å². The number of anilines is 1. The number of hydrogen-bond acceptors (Lipinski definition) is 4. The summed E-state index contributed by atoms with van der Waals surface area (Å²) >= 11 is 1.24. The Kier molecular flexibility index (Phi) is 4.42. The maximum Gasteiger partial charge on any atom is 0.309 e. The van der Waals surface area contributed by atoms with Crippen LogP contribution in [0.1, 0.15) is 26.0 Å². The highest BCUT2D eigenvalue weighted by Gasteiger charge is 2.13. The molecule has 88 valence electrons. The second-order valence-electron chi connectivity index (χ2n) is 3.51. The highest BCUT2D eigenvalue weighted by molar-refractivity contribution is 7.13. The lowest BCUT2D eigenvalue weighted by Gasteiger charge is -2.06. The Labute approximate surface area is 97.5 Å². The third-order valence-corrected chi connectivity index (χ3v) is 2.98. The summed E-state index contributed by atoms with van der Waals surface area (Å²) in [6.45, 7) is 3.77. The van der Waals surface area contributed by atoms with Gasteiger partial charge in [-0.05, 0) is 6.42 Å². The zero-order valence-electron chi connectivity index (χ0n) is 9.19. The predicted molar refractivity (Wildman–Crippen MR) is 61.5 cm³/mol. The molecule has 0 aliphatic carbocycles. The van der Waals surface area contributed by atoms with E-state index >= 15 is 0 Å². The van der Waals surface area contributed by atoms with Crippen molar-refractivity contribution in [2.45, 2.75) is 26.7 Å². The molecular weight excluding hydrogens is 228 g/mol. The Bertz CT molecular complexity index is 389. The number of nitrogens with zero attached hydrogens (tertiary/aromatic N) is 1. The van der Waals surface area contributed by atoms with Gasteiger partial charge in [-0.1, -0.05) is 13.8 Å². The number of thiazole rings is 1. The molecule has 1 aromatic heterocycles. The largest absolute Gasteiger partial charge is 0.481 e. The van der Waals surface area contributed by atoms with Crippen LogP contribution in [0.5, 0.6) is 0 Å². The van der Waals surface area contributed by atoms with Gasteiger partial charge in [0, 0.05) is 11.3 Å². The number of amides is 1. The average Bonchev–Trinajstić information content (AvgIpc) is 2.63. The average molecular weight is 242 g/mol. The molecule has 0 saturated heterocycles. The van der Waals surface area contributed by atoms with Crippen LogP contribution in [0.4, 0.5) is 5.13 Å². The van der Waals surface area contributed by atoms with Gasteiger partial charge < -0.3 is 10.4 Å². The maximum atomic E-state index is 11.5. The molecule has 0 aliphatic heterocycles. The molecule has 0 aromatic carbocycles. The van der Waals surface area contributed by atoms with Gasteiger partial charge in [0.2, 0.25) is 5.91 Å². The van der Waals surface area contributed by atoms with Gasteiger partial charge >= 0.3 is 5.97 Å². The molecule has 1 rings (SSSR count). The summed E-state index contributed by atoms with van der Waals surface area (Å²) in [6.07, 6.45) is 0.648. The lowest BCUT2D eigenvalue weighted by molar-refractivity contribution is -0.136. The number of carbonyl (C=O) groups excluding carboxylic acids is 1. The molecule has 1 atom stereocenters. The zero-order valence-corrected chi connectivity index (χ0v) is 10.0. The molecule has 5 nitrogen and oxygen atoms in total. The first-order valence-corrected chi connectivity index (χ1v) is 5.88. The maximum absolute atomic E-state index is 11.5. The van der Waals surface area contributed by atoms with Crippen molar-refractivity contribution in [2.75, 3.05) is 5.32 Å². The monoisotopic (exact) mass is 242 g/mol. The van der Waals surface area contributed by atoms with Crippen LogP contribution in [0.25, 0.3) is 0 Å². The van der Waals surface area contributed by atoms with E-state index in [1.165, 1.54) is 11.3 Å². The standard InChI is InChI=1S/C10H14N2O3S/c1-3-6(2)9(15)12-10-11-7(5-16-10)4-8(13)14/h5-6H,3-4H2,1-2H3,(H,13,14)(H,11,12,15). The van der Waals surface area contributed by atoms with Gasteiger partial charge in [0.25, 0.3) is 0 Å². The molecule has 1 amide bonds. The van der Waals surface area contributed by atoms with Crippen LogP contribution in [0.15, 0.2) is 5.38 Å². The smallest absolute Gasteiger partial charge is 0.309 e. The van der Waals surface area contributed by atoms with Gasteiger partial charge in [0.1, 0.15) is 0 Å².